The maximum absolute atomic E-state index is 12.2. The molecule has 0 spiro atoms. The Bertz CT molecular complexity index is 646. The summed E-state index contributed by atoms with van der Waals surface area (Å²) in [4.78, 5) is 0.0472. The number of hydrogen-bond donors (Lipinski definition) is 3. The number of aliphatic hydroxyl groups is 3. The lowest BCUT2D eigenvalue weighted by Gasteiger charge is -2.13. The summed E-state index contributed by atoms with van der Waals surface area (Å²) in [6.45, 7) is 0.967. The van der Waals surface area contributed by atoms with Crippen molar-refractivity contribution in [3.63, 3.8) is 0 Å². The third-order valence-corrected chi connectivity index (χ3v) is 6.07. The molecule has 0 aromatic heterocycles. The lowest BCUT2D eigenvalue weighted by atomic mass is 10.0. The number of aliphatic hydroxyl groups excluding tert-OH is 3. The van der Waals surface area contributed by atoms with E-state index < -0.39 is 35.5 Å². The van der Waals surface area contributed by atoms with Crippen molar-refractivity contribution in [2.45, 2.75) is 81.8 Å². The summed E-state index contributed by atoms with van der Waals surface area (Å²) in [6, 6.07) is 6.65. The Morgan fingerprint density at radius 1 is 0.833 bits per heavy atom. The number of unbranched alkanes of at least 4 members (excludes halogenated alkanes) is 7. The normalized spacial score (nSPS) is 14.0. The number of benzene rings is 1. The molecular weight excluding hydrogens is 408 g/mol. The van der Waals surface area contributed by atoms with Gasteiger partial charge in [0.25, 0.3) is 10.1 Å². The van der Waals surface area contributed by atoms with Crippen LogP contribution >= 0.6 is 0 Å². The van der Waals surface area contributed by atoms with Gasteiger partial charge >= 0.3 is 0 Å². The van der Waals surface area contributed by atoms with Gasteiger partial charge in [0.1, 0.15) is 12.2 Å². The second-order valence-corrected chi connectivity index (χ2v) is 9.25. The third-order valence-electron chi connectivity index (χ3n) is 4.78. The van der Waals surface area contributed by atoms with E-state index >= 15 is 0 Å². The Labute approximate surface area is 181 Å². The van der Waals surface area contributed by atoms with E-state index in [-0.39, 0.29) is 18.1 Å². The molecule has 8 heteroatoms. The van der Waals surface area contributed by atoms with Gasteiger partial charge in [0.15, 0.2) is 0 Å². The SMILES string of the molecule is CCCCCCCCCCc1ccc(S(=O)(=O)OCC(O)COCC(O)CO)cc1. The molecule has 0 fully saturated rings. The van der Waals surface area contributed by atoms with E-state index in [4.69, 9.17) is 19.1 Å². The Hall–Kier alpha value is -1.03. The molecule has 30 heavy (non-hydrogen) atoms. The average Bonchev–Trinajstić information content (AvgIpc) is 2.74. The van der Waals surface area contributed by atoms with Crippen LogP contribution in [-0.4, -0.2) is 62.4 Å². The molecule has 0 saturated heterocycles. The van der Waals surface area contributed by atoms with Crippen molar-refractivity contribution < 1.29 is 32.7 Å². The molecule has 1 aromatic rings. The van der Waals surface area contributed by atoms with Crippen molar-refractivity contribution in [3.8, 4) is 0 Å². The molecule has 0 heterocycles. The molecule has 0 radical (unpaired) electrons. The van der Waals surface area contributed by atoms with Crippen molar-refractivity contribution in [2.24, 2.45) is 0 Å². The van der Waals surface area contributed by atoms with Crippen LogP contribution in [0.25, 0.3) is 0 Å². The van der Waals surface area contributed by atoms with Crippen molar-refractivity contribution in [2.75, 3.05) is 26.4 Å². The molecule has 7 nitrogen and oxygen atoms in total. The summed E-state index contributed by atoms with van der Waals surface area (Å²) in [7, 11) is -3.96. The van der Waals surface area contributed by atoms with Gasteiger partial charge in [-0.05, 0) is 30.5 Å². The van der Waals surface area contributed by atoms with E-state index in [2.05, 4.69) is 6.92 Å². The van der Waals surface area contributed by atoms with E-state index in [9.17, 15) is 13.5 Å². The van der Waals surface area contributed by atoms with Gasteiger partial charge < -0.3 is 20.1 Å². The molecule has 2 atom stereocenters. The predicted octanol–water partition coefficient (Wildman–Crippen LogP) is 2.81. The highest BCUT2D eigenvalue weighted by atomic mass is 32.2. The number of hydrogen-bond acceptors (Lipinski definition) is 7. The van der Waals surface area contributed by atoms with Gasteiger partial charge in [-0.1, -0.05) is 64.0 Å². The molecule has 174 valence electrons. The Morgan fingerprint density at radius 2 is 1.40 bits per heavy atom. The number of ether oxygens (including phenoxy) is 1. The molecule has 1 rings (SSSR count). The van der Waals surface area contributed by atoms with Gasteiger partial charge in [0.2, 0.25) is 0 Å². The molecule has 3 N–H and O–H groups in total. The highest BCUT2D eigenvalue weighted by Gasteiger charge is 2.18. The summed E-state index contributed by atoms with van der Waals surface area (Å²) in [6.07, 6.45) is 8.75. The lowest BCUT2D eigenvalue weighted by Crippen LogP contribution is -2.27. The standard InChI is InChI=1S/C22H38O7S/c1-2-3-4-5-6-7-8-9-10-19-11-13-22(14-12-19)30(26,27)29-18-21(25)17-28-16-20(24)15-23/h11-14,20-21,23-25H,2-10,15-18H2,1H3. The van der Waals surface area contributed by atoms with E-state index in [0.29, 0.717) is 0 Å². The first-order valence-corrected chi connectivity index (χ1v) is 12.3. The van der Waals surface area contributed by atoms with Gasteiger partial charge in [0.05, 0.1) is 31.3 Å². The van der Waals surface area contributed by atoms with Crippen LogP contribution in [0.1, 0.15) is 63.9 Å². The first-order chi connectivity index (χ1) is 14.4. The molecule has 2 unspecified atom stereocenters. The average molecular weight is 447 g/mol. The minimum Gasteiger partial charge on any atom is -0.394 e. The number of aryl methyl sites for hydroxylation is 1. The van der Waals surface area contributed by atoms with Crippen LogP contribution in [0.15, 0.2) is 29.2 Å². The predicted molar refractivity (Wildman–Crippen MR) is 116 cm³/mol. The Balaban J connectivity index is 2.29. The summed E-state index contributed by atoms with van der Waals surface area (Å²) in [5.74, 6) is 0. The topological polar surface area (TPSA) is 113 Å². The fourth-order valence-electron chi connectivity index (χ4n) is 2.96. The summed E-state index contributed by atoms with van der Waals surface area (Å²) < 4.78 is 34.3. The smallest absolute Gasteiger partial charge is 0.297 e. The summed E-state index contributed by atoms with van der Waals surface area (Å²) in [5.41, 5.74) is 1.09. The fraction of sp³-hybridized carbons (Fsp3) is 0.727. The first kappa shape index (κ1) is 27.0. The highest BCUT2D eigenvalue weighted by molar-refractivity contribution is 7.86. The van der Waals surface area contributed by atoms with Gasteiger partial charge in [-0.3, -0.25) is 4.18 Å². The van der Waals surface area contributed by atoms with Crippen molar-refractivity contribution in [1.82, 2.24) is 0 Å². The van der Waals surface area contributed by atoms with Crippen LogP contribution in [0, 0.1) is 0 Å². The Morgan fingerprint density at radius 3 is 2.00 bits per heavy atom. The van der Waals surface area contributed by atoms with Crippen molar-refractivity contribution in [3.05, 3.63) is 29.8 Å². The van der Waals surface area contributed by atoms with Crippen molar-refractivity contribution >= 4 is 10.1 Å². The summed E-state index contributed by atoms with van der Waals surface area (Å²) in [5, 5.41) is 27.5. The zero-order valence-electron chi connectivity index (χ0n) is 18.0. The molecule has 0 saturated carbocycles. The largest absolute Gasteiger partial charge is 0.394 e. The molecule has 0 bridgehead atoms. The lowest BCUT2D eigenvalue weighted by molar-refractivity contribution is -0.0332. The van der Waals surface area contributed by atoms with Crippen LogP contribution < -0.4 is 0 Å². The maximum atomic E-state index is 12.2. The minimum absolute atomic E-state index is 0.0472. The monoisotopic (exact) mass is 446 g/mol. The second kappa shape index (κ2) is 15.7. The van der Waals surface area contributed by atoms with Crippen LogP contribution in [-0.2, 0) is 25.5 Å². The van der Waals surface area contributed by atoms with Gasteiger partial charge in [0, 0.05) is 0 Å². The second-order valence-electron chi connectivity index (χ2n) is 7.64. The van der Waals surface area contributed by atoms with Crippen LogP contribution in [0.3, 0.4) is 0 Å². The third kappa shape index (κ3) is 12.0. The first-order valence-electron chi connectivity index (χ1n) is 10.9. The molecular formula is C22H38O7S. The van der Waals surface area contributed by atoms with E-state index in [0.717, 1.165) is 18.4 Å². The summed E-state index contributed by atoms with van der Waals surface area (Å²) >= 11 is 0. The molecule has 0 amide bonds. The van der Waals surface area contributed by atoms with Crippen LogP contribution in [0.5, 0.6) is 0 Å². The Kier molecular flexibility index (Phi) is 14.2. The van der Waals surface area contributed by atoms with Crippen molar-refractivity contribution in [1.29, 1.82) is 0 Å². The van der Waals surface area contributed by atoms with Gasteiger partial charge in [-0.15, -0.1) is 0 Å². The van der Waals surface area contributed by atoms with E-state index in [1.54, 1.807) is 12.1 Å². The zero-order valence-corrected chi connectivity index (χ0v) is 18.9. The van der Waals surface area contributed by atoms with Gasteiger partial charge in [-0.2, -0.15) is 8.42 Å². The van der Waals surface area contributed by atoms with Crippen LogP contribution in [0.2, 0.25) is 0 Å². The maximum Gasteiger partial charge on any atom is 0.297 e. The molecule has 0 aliphatic rings. The van der Waals surface area contributed by atoms with Crippen LogP contribution in [0.4, 0.5) is 0 Å². The zero-order chi connectivity index (χ0) is 22.2. The van der Waals surface area contributed by atoms with E-state index in [1.807, 2.05) is 0 Å². The van der Waals surface area contributed by atoms with Gasteiger partial charge in [-0.25, -0.2) is 0 Å². The molecule has 0 aliphatic heterocycles. The fourth-order valence-corrected chi connectivity index (χ4v) is 3.90. The quantitative estimate of drug-likeness (QED) is 0.235. The minimum atomic E-state index is -3.96. The highest BCUT2D eigenvalue weighted by Crippen LogP contribution is 2.16. The van der Waals surface area contributed by atoms with E-state index in [1.165, 1.54) is 57.1 Å². The molecule has 0 aliphatic carbocycles. The molecule has 1 aromatic carbocycles. The number of rotatable bonds is 18.